The zero-order valence-corrected chi connectivity index (χ0v) is 11.0. The molecule has 0 aliphatic carbocycles. The first-order valence-corrected chi connectivity index (χ1v) is 6.30. The Morgan fingerprint density at radius 1 is 1.50 bits per heavy atom. The maximum atomic E-state index is 5.83. The van der Waals surface area contributed by atoms with Crippen LogP contribution in [-0.4, -0.2) is 29.6 Å². The molecular weight excluding hydrogens is 222 g/mol. The topological polar surface area (TPSA) is 60.2 Å². The Balaban J connectivity index is 2.73. The van der Waals surface area contributed by atoms with Gasteiger partial charge >= 0.3 is 0 Å². The van der Waals surface area contributed by atoms with Gasteiger partial charge in [0, 0.05) is 17.4 Å². The Morgan fingerprint density at radius 3 is 2.75 bits per heavy atom. The Labute approximate surface area is 101 Å². The molecule has 0 radical (unpaired) electrons. The molecule has 0 amide bonds. The van der Waals surface area contributed by atoms with Gasteiger partial charge in [-0.25, -0.2) is 0 Å². The maximum absolute atomic E-state index is 5.83. The van der Waals surface area contributed by atoms with E-state index in [1.807, 2.05) is 0 Å². The van der Waals surface area contributed by atoms with Crippen molar-refractivity contribution in [2.45, 2.75) is 18.6 Å². The number of aromatic nitrogens is 1. The molecule has 16 heavy (non-hydrogen) atoms. The smallest absolute Gasteiger partial charge is 0.215 e. The second-order valence-electron chi connectivity index (χ2n) is 4.11. The molecule has 0 bridgehead atoms. The quantitative estimate of drug-likeness (QED) is 0.827. The lowest BCUT2D eigenvalue weighted by Crippen LogP contribution is -2.26. The summed E-state index contributed by atoms with van der Waals surface area (Å²) in [6, 6.07) is 3.54. The molecule has 0 aliphatic heterocycles. The average molecular weight is 241 g/mol. The number of nitrogens with zero attached hydrogens (tertiary/aromatic N) is 1. The van der Waals surface area contributed by atoms with Gasteiger partial charge in [-0.15, -0.1) is 0 Å². The van der Waals surface area contributed by atoms with Crippen LogP contribution in [0.3, 0.4) is 0 Å². The number of pyridine rings is 1. The summed E-state index contributed by atoms with van der Waals surface area (Å²) in [6.45, 7) is 5.14. The van der Waals surface area contributed by atoms with Crippen LogP contribution in [0.2, 0.25) is 0 Å². The third-order valence-corrected chi connectivity index (χ3v) is 3.59. The first-order valence-electron chi connectivity index (χ1n) is 5.08. The minimum atomic E-state index is 0.150. The molecule has 0 aliphatic rings. The summed E-state index contributed by atoms with van der Waals surface area (Å²) in [5.41, 5.74) is 6.46. The molecular formula is C11H19N3OS. The molecule has 1 rings (SSSR count). The van der Waals surface area contributed by atoms with Gasteiger partial charge in [-0.2, -0.15) is 16.7 Å². The van der Waals surface area contributed by atoms with Gasteiger partial charge in [0.15, 0.2) is 5.82 Å². The highest BCUT2D eigenvalue weighted by molar-refractivity contribution is 7.99. The van der Waals surface area contributed by atoms with Gasteiger partial charge in [-0.05, 0) is 26.2 Å². The van der Waals surface area contributed by atoms with Crippen molar-refractivity contribution in [3.63, 3.8) is 0 Å². The molecule has 0 aromatic carbocycles. The van der Waals surface area contributed by atoms with Gasteiger partial charge in [0.2, 0.25) is 5.88 Å². The number of hydrogen-bond acceptors (Lipinski definition) is 5. The Kier molecular flexibility index (Phi) is 4.29. The Hall–Kier alpha value is -1.10. The maximum Gasteiger partial charge on any atom is 0.215 e. The molecule has 0 atom stereocenters. The van der Waals surface area contributed by atoms with Crippen LogP contribution < -0.4 is 15.8 Å². The Morgan fingerprint density at radius 2 is 2.19 bits per heavy atom. The molecule has 1 aromatic heterocycles. The predicted octanol–water partition coefficient (Wildman–Crippen LogP) is 2.23. The SMILES string of the molecule is COc1ccc(N)c(NCC(C)(C)SC)n1. The zero-order valence-electron chi connectivity index (χ0n) is 10.2. The number of rotatable bonds is 5. The number of thioether (sulfide) groups is 1. The van der Waals surface area contributed by atoms with Gasteiger partial charge in [0.25, 0.3) is 0 Å². The molecule has 90 valence electrons. The third-order valence-electron chi connectivity index (χ3n) is 2.34. The summed E-state index contributed by atoms with van der Waals surface area (Å²) in [7, 11) is 1.59. The van der Waals surface area contributed by atoms with E-state index in [1.165, 1.54) is 0 Å². The van der Waals surface area contributed by atoms with Crippen molar-refractivity contribution >= 4 is 23.3 Å². The molecule has 1 aromatic rings. The van der Waals surface area contributed by atoms with Crippen molar-refractivity contribution in [2.75, 3.05) is 31.0 Å². The number of ether oxygens (including phenoxy) is 1. The summed E-state index contributed by atoms with van der Waals surface area (Å²) >= 11 is 1.80. The second kappa shape index (κ2) is 5.30. The van der Waals surface area contributed by atoms with Crippen LogP contribution in [0, 0.1) is 0 Å². The fourth-order valence-electron chi connectivity index (χ4n) is 1.08. The normalized spacial score (nSPS) is 11.2. The standard InChI is InChI=1S/C11H19N3OS/c1-11(2,16-4)7-13-10-8(12)5-6-9(14-10)15-3/h5-6H,7,12H2,1-4H3,(H,13,14). The number of hydrogen-bond donors (Lipinski definition) is 2. The first kappa shape index (κ1) is 13.0. The molecule has 0 unspecified atom stereocenters. The fraction of sp³-hybridized carbons (Fsp3) is 0.545. The van der Waals surface area contributed by atoms with Crippen LogP contribution in [0.4, 0.5) is 11.5 Å². The number of nitrogens with one attached hydrogen (secondary N) is 1. The van der Waals surface area contributed by atoms with Crippen LogP contribution in [0.15, 0.2) is 12.1 Å². The van der Waals surface area contributed by atoms with Crippen molar-refractivity contribution in [1.29, 1.82) is 0 Å². The highest BCUT2D eigenvalue weighted by Crippen LogP contribution is 2.24. The molecule has 4 nitrogen and oxygen atoms in total. The number of nitrogen functional groups attached to an aromatic ring is 1. The van der Waals surface area contributed by atoms with Crippen LogP contribution in [-0.2, 0) is 0 Å². The molecule has 3 N–H and O–H groups in total. The minimum Gasteiger partial charge on any atom is -0.481 e. The van der Waals surface area contributed by atoms with E-state index in [1.54, 1.807) is 31.0 Å². The first-order chi connectivity index (χ1) is 7.48. The highest BCUT2D eigenvalue weighted by atomic mass is 32.2. The van der Waals surface area contributed by atoms with E-state index in [4.69, 9.17) is 10.5 Å². The molecule has 0 saturated heterocycles. The molecule has 5 heteroatoms. The van der Waals surface area contributed by atoms with E-state index < -0.39 is 0 Å². The number of nitrogens with two attached hydrogens (primary N) is 1. The van der Waals surface area contributed by atoms with E-state index in [2.05, 4.69) is 30.4 Å². The lowest BCUT2D eigenvalue weighted by atomic mass is 10.2. The van der Waals surface area contributed by atoms with E-state index in [0.717, 1.165) is 6.54 Å². The van der Waals surface area contributed by atoms with Crippen LogP contribution in [0.25, 0.3) is 0 Å². The largest absolute Gasteiger partial charge is 0.481 e. The summed E-state index contributed by atoms with van der Waals surface area (Å²) in [6.07, 6.45) is 2.09. The molecule has 0 saturated carbocycles. The van der Waals surface area contributed by atoms with Gasteiger partial charge in [-0.1, -0.05) is 0 Å². The van der Waals surface area contributed by atoms with Crippen molar-refractivity contribution in [2.24, 2.45) is 0 Å². The van der Waals surface area contributed by atoms with Gasteiger partial charge in [-0.3, -0.25) is 0 Å². The van der Waals surface area contributed by atoms with Crippen molar-refractivity contribution in [3.8, 4) is 5.88 Å². The zero-order chi connectivity index (χ0) is 12.2. The van der Waals surface area contributed by atoms with Gasteiger partial charge < -0.3 is 15.8 Å². The summed E-state index contributed by atoms with van der Waals surface area (Å²) in [5.74, 6) is 1.25. The Bertz CT molecular complexity index is 355. The van der Waals surface area contributed by atoms with Crippen molar-refractivity contribution in [1.82, 2.24) is 4.98 Å². The second-order valence-corrected chi connectivity index (χ2v) is 5.62. The van der Waals surface area contributed by atoms with Gasteiger partial charge in [0.1, 0.15) is 0 Å². The summed E-state index contributed by atoms with van der Waals surface area (Å²) < 4.78 is 5.21. The fourth-order valence-corrected chi connectivity index (χ4v) is 1.29. The average Bonchev–Trinajstić information content (AvgIpc) is 2.28. The molecule has 0 fully saturated rings. The van der Waals surface area contributed by atoms with Crippen LogP contribution in [0.1, 0.15) is 13.8 Å². The van der Waals surface area contributed by atoms with Crippen molar-refractivity contribution < 1.29 is 4.74 Å². The van der Waals surface area contributed by atoms with E-state index in [0.29, 0.717) is 17.4 Å². The predicted molar refractivity (Wildman–Crippen MR) is 71.3 cm³/mol. The molecule has 1 heterocycles. The van der Waals surface area contributed by atoms with E-state index in [9.17, 15) is 0 Å². The number of methoxy groups -OCH3 is 1. The highest BCUT2D eigenvalue weighted by Gasteiger charge is 2.16. The van der Waals surface area contributed by atoms with Crippen LogP contribution >= 0.6 is 11.8 Å². The lowest BCUT2D eigenvalue weighted by Gasteiger charge is -2.23. The lowest BCUT2D eigenvalue weighted by molar-refractivity contribution is 0.398. The van der Waals surface area contributed by atoms with E-state index in [-0.39, 0.29) is 4.75 Å². The van der Waals surface area contributed by atoms with E-state index >= 15 is 0 Å². The monoisotopic (exact) mass is 241 g/mol. The summed E-state index contributed by atoms with van der Waals surface area (Å²) in [5, 5.41) is 3.24. The van der Waals surface area contributed by atoms with Gasteiger partial charge in [0.05, 0.1) is 12.8 Å². The minimum absolute atomic E-state index is 0.150. The number of anilines is 2. The van der Waals surface area contributed by atoms with Crippen molar-refractivity contribution in [3.05, 3.63) is 12.1 Å². The summed E-state index contributed by atoms with van der Waals surface area (Å²) in [4.78, 5) is 4.26. The third kappa shape index (κ3) is 3.48. The molecule has 0 spiro atoms. The van der Waals surface area contributed by atoms with Crippen LogP contribution in [0.5, 0.6) is 5.88 Å².